The van der Waals surface area contributed by atoms with Crippen molar-refractivity contribution in [2.75, 3.05) is 6.61 Å². The lowest BCUT2D eigenvalue weighted by Crippen LogP contribution is -2.21. The first-order chi connectivity index (χ1) is 17.5. The van der Waals surface area contributed by atoms with Crippen LogP contribution in [0.1, 0.15) is 42.4 Å². The Kier molecular flexibility index (Phi) is 6.21. The summed E-state index contributed by atoms with van der Waals surface area (Å²) in [7, 11) is 0. The van der Waals surface area contributed by atoms with Gasteiger partial charge in [-0.2, -0.15) is 0 Å². The van der Waals surface area contributed by atoms with E-state index in [1.807, 2.05) is 0 Å². The van der Waals surface area contributed by atoms with Crippen LogP contribution in [-0.2, 0) is 0 Å². The van der Waals surface area contributed by atoms with Crippen LogP contribution in [0.4, 0.5) is 0 Å². The molecule has 0 aliphatic carbocycles. The Balaban J connectivity index is 1.77. The van der Waals surface area contributed by atoms with E-state index >= 15 is 0 Å². The first kappa shape index (κ1) is 23.2. The van der Waals surface area contributed by atoms with E-state index in [0.29, 0.717) is 28.7 Å². The summed E-state index contributed by atoms with van der Waals surface area (Å²) in [5.41, 5.74) is -1.13. The Labute approximate surface area is 205 Å². The molecule has 7 nitrogen and oxygen atoms in total. The van der Waals surface area contributed by atoms with Crippen molar-refractivity contribution in [3.8, 4) is 17.2 Å². The SMILES string of the molecule is CCCCOc1ccc(C(c2c(O)c3ccccc3oc2=O)c2c(O)c3ccccc3oc2=O)cc1. The zero-order valence-electron chi connectivity index (χ0n) is 19.6. The monoisotopic (exact) mass is 484 g/mol. The Morgan fingerprint density at radius 1 is 0.750 bits per heavy atom. The van der Waals surface area contributed by atoms with Crippen LogP contribution in [0.25, 0.3) is 21.9 Å². The van der Waals surface area contributed by atoms with Crippen LogP contribution in [0, 0.1) is 0 Å². The molecule has 2 aromatic heterocycles. The molecule has 0 atom stereocenters. The van der Waals surface area contributed by atoms with Crippen molar-refractivity contribution >= 4 is 21.9 Å². The lowest BCUT2D eigenvalue weighted by molar-refractivity contribution is 0.309. The molecule has 182 valence electrons. The molecule has 0 unspecified atom stereocenters. The minimum Gasteiger partial charge on any atom is -0.507 e. The second kappa shape index (κ2) is 9.62. The Morgan fingerprint density at radius 2 is 1.25 bits per heavy atom. The minimum atomic E-state index is -1.17. The summed E-state index contributed by atoms with van der Waals surface area (Å²) in [6.07, 6.45) is 1.90. The number of hydrogen-bond acceptors (Lipinski definition) is 7. The van der Waals surface area contributed by atoms with Crippen molar-refractivity contribution in [3.63, 3.8) is 0 Å². The first-order valence-electron chi connectivity index (χ1n) is 11.7. The highest BCUT2D eigenvalue weighted by Crippen LogP contribution is 2.42. The zero-order chi connectivity index (χ0) is 25.2. The molecular formula is C29H24O7. The van der Waals surface area contributed by atoms with Crippen molar-refractivity contribution < 1.29 is 23.8 Å². The fourth-order valence-corrected chi connectivity index (χ4v) is 4.37. The van der Waals surface area contributed by atoms with E-state index in [-0.39, 0.29) is 33.8 Å². The van der Waals surface area contributed by atoms with E-state index in [2.05, 4.69) is 6.92 Å². The van der Waals surface area contributed by atoms with Crippen molar-refractivity contribution in [2.45, 2.75) is 25.7 Å². The summed E-state index contributed by atoms with van der Waals surface area (Å²) in [5.74, 6) is -1.21. The second-order valence-corrected chi connectivity index (χ2v) is 8.50. The molecule has 0 aliphatic heterocycles. The van der Waals surface area contributed by atoms with Crippen molar-refractivity contribution in [3.05, 3.63) is 110 Å². The van der Waals surface area contributed by atoms with Gasteiger partial charge in [0.05, 0.1) is 34.4 Å². The predicted octanol–water partition coefficient (Wildman–Crippen LogP) is 5.67. The lowest BCUT2D eigenvalue weighted by atomic mass is 9.84. The van der Waals surface area contributed by atoms with Gasteiger partial charge in [0, 0.05) is 0 Å². The van der Waals surface area contributed by atoms with Gasteiger partial charge in [0.2, 0.25) is 0 Å². The number of hydrogen-bond donors (Lipinski definition) is 2. The van der Waals surface area contributed by atoms with Gasteiger partial charge in [-0.1, -0.05) is 49.7 Å². The third kappa shape index (κ3) is 4.09. The smallest absolute Gasteiger partial charge is 0.344 e. The summed E-state index contributed by atoms with van der Waals surface area (Å²) in [4.78, 5) is 26.4. The molecule has 0 aliphatic rings. The fraction of sp³-hybridized carbons (Fsp3) is 0.172. The molecule has 5 aromatic rings. The summed E-state index contributed by atoms with van der Waals surface area (Å²) >= 11 is 0. The quantitative estimate of drug-likeness (QED) is 0.226. The number of ether oxygens (including phenoxy) is 1. The highest BCUT2D eigenvalue weighted by Gasteiger charge is 2.32. The maximum absolute atomic E-state index is 13.2. The normalized spacial score (nSPS) is 11.4. The Morgan fingerprint density at radius 3 is 1.75 bits per heavy atom. The average Bonchev–Trinajstić information content (AvgIpc) is 2.88. The number of benzene rings is 3. The van der Waals surface area contributed by atoms with E-state index < -0.39 is 17.2 Å². The summed E-state index contributed by atoms with van der Waals surface area (Å²) in [5, 5.41) is 23.0. The van der Waals surface area contributed by atoms with Crippen LogP contribution in [0.15, 0.2) is 91.2 Å². The van der Waals surface area contributed by atoms with Crippen LogP contribution in [0.5, 0.6) is 17.2 Å². The van der Waals surface area contributed by atoms with E-state index in [1.165, 1.54) is 0 Å². The van der Waals surface area contributed by atoms with Gasteiger partial charge in [0.15, 0.2) is 0 Å². The third-order valence-corrected chi connectivity index (χ3v) is 6.20. The largest absolute Gasteiger partial charge is 0.507 e. The molecule has 0 fully saturated rings. The van der Waals surface area contributed by atoms with Gasteiger partial charge in [-0.3, -0.25) is 0 Å². The molecule has 36 heavy (non-hydrogen) atoms. The number of fused-ring (bicyclic) bond motifs is 2. The van der Waals surface area contributed by atoms with Gasteiger partial charge in [0.1, 0.15) is 28.4 Å². The van der Waals surface area contributed by atoms with Crippen LogP contribution >= 0.6 is 0 Å². The second-order valence-electron chi connectivity index (χ2n) is 8.50. The predicted molar refractivity (Wildman–Crippen MR) is 136 cm³/mol. The van der Waals surface area contributed by atoms with Gasteiger partial charge in [-0.15, -0.1) is 0 Å². The van der Waals surface area contributed by atoms with Crippen LogP contribution < -0.4 is 16.0 Å². The number of aromatic hydroxyl groups is 2. The van der Waals surface area contributed by atoms with Gasteiger partial charge in [-0.05, 0) is 48.4 Å². The molecule has 2 heterocycles. The van der Waals surface area contributed by atoms with E-state index in [4.69, 9.17) is 13.6 Å². The van der Waals surface area contributed by atoms with Crippen molar-refractivity contribution in [1.29, 1.82) is 0 Å². The van der Waals surface area contributed by atoms with E-state index in [9.17, 15) is 19.8 Å². The van der Waals surface area contributed by atoms with E-state index in [1.54, 1.807) is 72.8 Å². The van der Waals surface area contributed by atoms with Crippen molar-refractivity contribution in [2.24, 2.45) is 0 Å². The molecule has 0 radical (unpaired) electrons. The minimum absolute atomic E-state index is 0.175. The molecule has 2 N–H and O–H groups in total. The maximum Gasteiger partial charge on any atom is 0.344 e. The summed E-state index contributed by atoms with van der Waals surface area (Å²) in [6, 6.07) is 19.9. The maximum atomic E-state index is 13.2. The van der Waals surface area contributed by atoms with E-state index in [0.717, 1.165) is 12.8 Å². The molecular weight excluding hydrogens is 460 g/mol. The first-order valence-corrected chi connectivity index (χ1v) is 11.7. The fourth-order valence-electron chi connectivity index (χ4n) is 4.37. The standard InChI is InChI=1S/C29H24O7/c1-2-3-16-34-18-14-12-17(13-15-18)23(24-26(30)19-8-4-6-10-21(19)35-28(24)32)25-27(31)20-9-5-7-11-22(20)36-29(25)33/h4-15,23,30-31H,2-3,16H2,1H3. The molecule has 0 saturated heterocycles. The van der Waals surface area contributed by atoms with Crippen molar-refractivity contribution in [1.82, 2.24) is 0 Å². The molecule has 0 amide bonds. The van der Waals surface area contributed by atoms with Gasteiger partial charge < -0.3 is 23.8 Å². The molecule has 0 bridgehead atoms. The molecule has 0 spiro atoms. The molecule has 5 rings (SSSR count). The Bertz CT molecular complexity index is 1560. The highest BCUT2D eigenvalue weighted by molar-refractivity contribution is 5.86. The summed E-state index contributed by atoms with van der Waals surface area (Å²) < 4.78 is 16.7. The highest BCUT2D eigenvalue weighted by atomic mass is 16.5. The summed E-state index contributed by atoms with van der Waals surface area (Å²) in [6.45, 7) is 2.63. The average molecular weight is 485 g/mol. The molecule has 3 aromatic carbocycles. The number of unbranched alkanes of at least 4 members (excludes halogenated alkanes) is 1. The number of para-hydroxylation sites is 2. The zero-order valence-corrected chi connectivity index (χ0v) is 19.6. The third-order valence-electron chi connectivity index (χ3n) is 6.20. The van der Waals surface area contributed by atoms with Crippen LogP contribution in [-0.4, -0.2) is 16.8 Å². The topological polar surface area (TPSA) is 110 Å². The van der Waals surface area contributed by atoms with Gasteiger partial charge in [0.25, 0.3) is 0 Å². The molecule has 0 saturated carbocycles. The van der Waals surface area contributed by atoms with Crippen LogP contribution in [0.2, 0.25) is 0 Å². The lowest BCUT2D eigenvalue weighted by Gasteiger charge is -2.20. The molecule has 7 heteroatoms. The van der Waals surface area contributed by atoms with Gasteiger partial charge >= 0.3 is 11.3 Å². The Hall–Kier alpha value is -4.52. The van der Waals surface area contributed by atoms with Crippen LogP contribution in [0.3, 0.4) is 0 Å². The van der Waals surface area contributed by atoms with Gasteiger partial charge in [-0.25, -0.2) is 9.59 Å². The number of rotatable bonds is 7.